The van der Waals surface area contributed by atoms with E-state index < -0.39 is 15.7 Å². The number of hydrogen-bond donors (Lipinski definition) is 0. The summed E-state index contributed by atoms with van der Waals surface area (Å²) in [6.45, 7) is 1.85. The molecule has 8 heteroatoms. The minimum Gasteiger partial charge on any atom is -0.267 e. The summed E-state index contributed by atoms with van der Waals surface area (Å²) >= 11 is 7.11. The van der Waals surface area contributed by atoms with Crippen LogP contribution in [0.5, 0.6) is 0 Å². The number of rotatable bonds is 3. The molecule has 0 radical (unpaired) electrons. The molecule has 0 saturated heterocycles. The standard InChI is InChI=1S/C17H13ClFNO3S2/c1-10-3-5-12(8-13(10)18)20-15(9-24-17(20)21)11-4-6-16(14(19)7-11)25(2,22)23/h3-9H,1-2H3. The fourth-order valence-electron chi connectivity index (χ4n) is 2.43. The highest BCUT2D eigenvalue weighted by Crippen LogP contribution is 2.28. The van der Waals surface area contributed by atoms with Crippen LogP contribution in [0.2, 0.25) is 5.02 Å². The lowest BCUT2D eigenvalue weighted by Gasteiger charge is -2.10. The van der Waals surface area contributed by atoms with Crippen LogP contribution >= 0.6 is 22.9 Å². The van der Waals surface area contributed by atoms with Gasteiger partial charge in [0.05, 0.1) is 11.4 Å². The van der Waals surface area contributed by atoms with Crippen LogP contribution in [0.4, 0.5) is 4.39 Å². The van der Waals surface area contributed by atoms with E-state index in [1.165, 1.54) is 16.7 Å². The molecule has 0 unspecified atom stereocenters. The predicted octanol–water partition coefficient (Wildman–Crippen LogP) is 4.07. The van der Waals surface area contributed by atoms with Gasteiger partial charge in [0.25, 0.3) is 0 Å². The van der Waals surface area contributed by atoms with Crippen molar-refractivity contribution in [3.8, 4) is 16.9 Å². The van der Waals surface area contributed by atoms with Crippen molar-refractivity contribution >= 4 is 32.8 Å². The predicted molar refractivity (Wildman–Crippen MR) is 98.2 cm³/mol. The van der Waals surface area contributed by atoms with Crippen molar-refractivity contribution in [2.45, 2.75) is 11.8 Å². The van der Waals surface area contributed by atoms with Crippen molar-refractivity contribution in [3.63, 3.8) is 0 Å². The second-order valence-corrected chi connectivity index (χ2v) is 8.79. The molecule has 0 amide bonds. The fraction of sp³-hybridized carbons (Fsp3) is 0.118. The highest BCUT2D eigenvalue weighted by molar-refractivity contribution is 7.90. The Balaban J connectivity index is 2.19. The van der Waals surface area contributed by atoms with Gasteiger partial charge in [-0.3, -0.25) is 9.36 Å². The zero-order valence-electron chi connectivity index (χ0n) is 13.3. The monoisotopic (exact) mass is 397 g/mol. The number of halogens is 2. The van der Waals surface area contributed by atoms with Gasteiger partial charge < -0.3 is 0 Å². The largest absolute Gasteiger partial charge is 0.312 e. The number of aromatic nitrogens is 1. The molecule has 0 N–H and O–H groups in total. The SMILES string of the molecule is Cc1ccc(-n2c(-c3ccc(S(C)(=O)=O)c(F)c3)csc2=O)cc1Cl. The van der Waals surface area contributed by atoms with Crippen molar-refractivity contribution < 1.29 is 12.8 Å². The molecular formula is C17H13ClFNO3S2. The highest BCUT2D eigenvalue weighted by Gasteiger charge is 2.17. The van der Waals surface area contributed by atoms with Crippen molar-refractivity contribution in [1.82, 2.24) is 4.57 Å². The molecular weight excluding hydrogens is 385 g/mol. The zero-order chi connectivity index (χ0) is 18.4. The third-order valence-corrected chi connectivity index (χ3v) is 6.00. The minimum absolute atomic E-state index is 0.248. The quantitative estimate of drug-likeness (QED) is 0.669. The maximum Gasteiger partial charge on any atom is 0.312 e. The number of sulfone groups is 1. The third-order valence-electron chi connectivity index (χ3n) is 3.74. The van der Waals surface area contributed by atoms with Crippen LogP contribution in [0, 0.1) is 12.7 Å². The molecule has 2 aromatic carbocycles. The molecule has 0 spiro atoms. The zero-order valence-corrected chi connectivity index (χ0v) is 15.7. The van der Waals surface area contributed by atoms with Crippen LogP contribution in [0.1, 0.15) is 5.56 Å². The first-order valence-corrected chi connectivity index (χ1v) is 10.3. The number of hydrogen-bond acceptors (Lipinski definition) is 4. The molecule has 4 nitrogen and oxygen atoms in total. The number of thiazole rings is 1. The normalized spacial score (nSPS) is 11.7. The molecule has 0 aliphatic carbocycles. The summed E-state index contributed by atoms with van der Waals surface area (Å²) in [4.78, 5) is 11.6. The van der Waals surface area contributed by atoms with Crippen LogP contribution in [-0.4, -0.2) is 19.2 Å². The molecule has 0 saturated carbocycles. The smallest absolute Gasteiger partial charge is 0.267 e. The van der Waals surface area contributed by atoms with Crippen molar-refractivity contribution in [2.75, 3.05) is 6.26 Å². The summed E-state index contributed by atoms with van der Waals surface area (Å²) in [7, 11) is -3.66. The lowest BCUT2D eigenvalue weighted by atomic mass is 10.1. The van der Waals surface area contributed by atoms with Crippen molar-refractivity contribution in [1.29, 1.82) is 0 Å². The number of benzene rings is 2. The van der Waals surface area contributed by atoms with Gasteiger partial charge in [0.15, 0.2) is 9.84 Å². The van der Waals surface area contributed by atoms with Gasteiger partial charge in [0.1, 0.15) is 10.7 Å². The summed E-state index contributed by atoms with van der Waals surface area (Å²) in [6.07, 6.45) is 0.944. The van der Waals surface area contributed by atoms with E-state index >= 15 is 0 Å². The van der Waals surface area contributed by atoms with Gasteiger partial charge in [-0.2, -0.15) is 0 Å². The first kappa shape index (κ1) is 17.8. The number of nitrogens with zero attached hydrogens (tertiary/aromatic N) is 1. The second kappa shape index (κ2) is 6.40. The molecule has 0 aliphatic rings. The van der Waals surface area contributed by atoms with Gasteiger partial charge in [-0.15, -0.1) is 0 Å². The van der Waals surface area contributed by atoms with Crippen LogP contribution in [-0.2, 0) is 9.84 Å². The Bertz CT molecular complexity index is 1130. The van der Waals surface area contributed by atoms with E-state index in [4.69, 9.17) is 11.6 Å². The van der Waals surface area contributed by atoms with Gasteiger partial charge in [0, 0.05) is 22.2 Å². The van der Waals surface area contributed by atoms with E-state index in [1.807, 2.05) is 6.92 Å². The molecule has 0 fully saturated rings. The Morgan fingerprint density at radius 3 is 2.48 bits per heavy atom. The van der Waals surface area contributed by atoms with Gasteiger partial charge in [-0.1, -0.05) is 35.1 Å². The summed E-state index contributed by atoms with van der Waals surface area (Å²) in [5.74, 6) is -0.855. The van der Waals surface area contributed by atoms with Gasteiger partial charge in [0.2, 0.25) is 0 Å². The Hall–Kier alpha value is -1.96. The third kappa shape index (κ3) is 3.40. The molecule has 0 bridgehead atoms. The molecule has 1 aromatic heterocycles. The maximum absolute atomic E-state index is 14.2. The van der Waals surface area contributed by atoms with Crippen molar-refractivity contribution in [2.24, 2.45) is 0 Å². The lowest BCUT2D eigenvalue weighted by Crippen LogP contribution is -2.12. The van der Waals surface area contributed by atoms with Crippen molar-refractivity contribution in [3.05, 3.63) is 67.8 Å². The van der Waals surface area contributed by atoms with E-state index in [2.05, 4.69) is 0 Å². The Morgan fingerprint density at radius 2 is 1.88 bits per heavy atom. The van der Waals surface area contributed by atoms with E-state index in [-0.39, 0.29) is 9.77 Å². The fourth-order valence-corrected chi connectivity index (χ4v) is 4.10. The Labute approximate surface area is 153 Å². The topological polar surface area (TPSA) is 56.1 Å². The minimum atomic E-state index is -3.66. The van der Waals surface area contributed by atoms with E-state index in [0.29, 0.717) is 22.0 Å². The average molecular weight is 398 g/mol. The van der Waals surface area contributed by atoms with Gasteiger partial charge in [-0.05, 0) is 36.8 Å². The first-order valence-electron chi connectivity index (χ1n) is 7.15. The van der Waals surface area contributed by atoms with E-state index in [0.717, 1.165) is 29.2 Å². The van der Waals surface area contributed by atoms with E-state index in [9.17, 15) is 17.6 Å². The summed E-state index contributed by atoms with van der Waals surface area (Å²) < 4.78 is 38.7. The summed E-state index contributed by atoms with van der Waals surface area (Å²) in [5.41, 5.74) is 2.30. The summed E-state index contributed by atoms with van der Waals surface area (Å²) in [6, 6.07) is 9.00. The second-order valence-electron chi connectivity index (χ2n) is 5.57. The maximum atomic E-state index is 14.2. The molecule has 130 valence electrons. The van der Waals surface area contributed by atoms with Gasteiger partial charge >= 0.3 is 4.87 Å². The molecule has 3 aromatic rings. The van der Waals surface area contributed by atoms with Gasteiger partial charge in [-0.25, -0.2) is 12.8 Å². The molecule has 0 atom stereocenters. The molecule has 25 heavy (non-hydrogen) atoms. The van der Waals surface area contributed by atoms with Crippen LogP contribution in [0.3, 0.4) is 0 Å². The molecule has 0 aliphatic heterocycles. The van der Waals surface area contributed by atoms with E-state index in [1.54, 1.807) is 23.6 Å². The van der Waals surface area contributed by atoms with Crippen LogP contribution in [0.25, 0.3) is 16.9 Å². The van der Waals surface area contributed by atoms with Crippen LogP contribution in [0.15, 0.2) is 51.5 Å². The Morgan fingerprint density at radius 1 is 1.16 bits per heavy atom. The lowest BCUT2D eigenvalue weighted by molar-refractivity contribution is 0.571. The first-order chi connectivity index (χ1) is 11.7. The molecule has 1 heterocycles. The highest BCUT2D eigenvalue weighted by atomic mass is 35.5. The summed E-state index contributed by atoms with van der Waals surface area (Å²) in [5, 5.41) is 2.12. The molecule has 3 rings (SSSR count). The Kier molecular flexibility index (Phi) is 4.57. The number of aryl methyl sites for hydroxylation is 1. The van der Waals surface area contributed by atoms with Crippen LogP contribution < -0.4 is 4.87 Å². The average Bonchev–Trinajstić information content (AvgIpc) is 2.90.